The Labute approximate surface area is 218 Å². The molecule has 3 aliphatic rings. The zero-order valence-electron chi connectivity index (χ0n) is 20.6. The number of anilines is 1. The molecule has 3 aliphatic heterocycles. The Bertz CT molecular complexity index is 1240. The van der Waals surface area contributed by atoms with Crippen LogP contribution in [0, 0.1) is 0 Å². The summed E-state index contributed by atoms with van der Waals surface area (Å²) in [5.41, 5.74) is -2.01. The highest BCUT2D eigenvalue weighted by molar-refractivity contribution is 7.17. The molecule has 2 aromatic heterocycles. The van der Waals surface area contributed by atoms with Gasteiger partial charge in [-0.25, -0.2) is 18.7 Å². The standard InChI is InChI=1S/C24H26F5N5O3S/c1-11(24(27,28)29)31-16-7-14(19(25)26)15(8-30-16)18-17(21(35)34-12-3-4-13(34)6-5-12)32-20(38-18)22(36)33-9-23(2,37)10-33/h7-8,11-13,19,37H,3-6,9-10H2,1-2H3,(H,30,31)/t11-,12-,13-/m0/s1. The number of likely N-dealkylation sites (tertiary alicyclic amines) is 1. The van der Waals surface area contributed by atoms with Gasteiger partial charge in [-0.05, 0) is 45.6 Å². The third kappa shape index (κ3) is 4.83. The highest BCUT2D eigenvalue weighted by Crippen LogP contribution is 2.43. The number of nitrogens with zero attached hydrogens (tertiary/aromatic N) is 4. The van der Waals surface area contributed by atoms with Crippen molar-refractivity contribution in [3.05, 3.63) is 28.5 Å². The van der Waals surface area contributed by atoms with Crippen LogP contribution in [-0.4, -0.2) is 79.7 Å². The van der Waals surface area contributed by atoms with E-state index in [0.29, 0.717) is 0 Å². The number of carbonyl (C=O) groups is 2. The number of aromatic nitrogens is 2. The molecule has 5 rings (SSSR count). The molecule has 0 spiro atoms. The van der Waals surface area contributed by atoms with E-state index in [4.69, 9.17) is 0 Å². The number of alkyl halides is 5. The second-order valence-electron chi connectivity index (χ2n) is 10.4. The van der Waals surface area contributed by atoms with Gasteiger partial charge in [-0.3, -0.25) is 9.59 Å². The molecule has 2 aromatic rings. The SMILES string of the molecule is C[C@H](Nc1cc(C(F)F)c(-c2sc(C(=O)N3CC(C)(O)C3)nc2C(=O)N2[C@H]3CC[C@H]2CC3)cn1)C(F)(F)F. The smallest absolute Gasteiger partial charge is 0.386 e. The maximum absolute atomic E-state index is 14.2. The first-order valence-electron chi connectivity index (χ1n) is 12.2. The first kappa shape index (κ1) is 26.7. The lowest BCUT2D eigenvalue weighted by Gasteiger charge is -2.43. The number of hydrogen-bond acceptors (Lipinski definition) is 7. The van der Waals surface area contributed by atoms with Crippen molar-refractivity contribution in [1.29, 1.82) is 0 Å². The molecule has 0 radical (unpaired) electrons. The molecule has 2 amide bonds. The number of halogens is 5. The average molecular weight is 560 g/mol. The molecule has 0 saturated carbocycles. The van der Waals surface area contributed by atoms with Crippen molar-refractivity contribution in [1.82, 2.24) is 19.8 Å². The molecule has 2 N–H and O–H groups in total. The molecule has 0 aromatic carbocycles. The molecule has 14 heteroatoms. The van der Waals surface area contributed by atoms with Gasteiger partial charge in [0.25, 0.3) is 18.2 Å². The molecule has 8 nitrogen and oxygen atoms in total. The highest BCUT2D eigenvalue weighted by Gasteiger charge is 2.45. The van der Waals surface area contributed by atoms with Crippen molar-refractivity contribution >= 4 is 29.0 Å². The lowest BCUT2D eigenvalue weighted by atomic mass is 9.97. The number of pyridine rings is 1. The van der Waals surface area contributed by atoms with Crippen LogP contribution >= 0.6 is 11.3 Å². The van der Waals surface area contributed by atoms with E-state index in [0.717, 1.165) is 56.2 Å². The van der Waals surface area contributed by atoms with E-state index >= 15 is 0 Å². The van der Waals surface area contributed by atoms with Crippen molar-refractivity contribution in [2.45, 2.75) is 75.9 Å². The summed E-state index contributed by atoms with van der Waals surface area (Å²) in [7, 11) is 0. The Morgan fingerprint density at radius 2 is 1.76 bits per heavy atom. The summed E-state index contributed by atoms with van der Waals surface area (Å²) < 4.78 is 67.3. The van der Waals surface area contributed by atoms with Crippen LogP contribution in [-0.2, 0) is 0 Å². The lowest BCUT2D eigenvalue weighted by Crippen LogP contribution is -2.61. The predicted octanol–water partition coefficient (Wildman–Crippen LogP) is 4.48. The molecule has 206 valence electrons. The van der Waals surface area contributed by atoms with Crippen LogP contribution in [0.15, 0.2) is 12.3 Å². The van der Waals surface area contributed by atoms with Crippen LogP contribution in [0.2, 0.25) is 0 Å². The molecule has 1 atom stereocenters. The van der Waals surface area contributed by atoms with Gasteiger partial charge in [-0.1, -0.05) is 0 Å². The predicted molar refractivity (Wildman–Crippen MR) is 128 cm³/mol. The maximum Gasteiger partial charge on any atom is 0.408 e. The molecule has 3 saturated heterocycles. The summed E-state index contributed by atoms with van der Waals surface area (Å²) in [5, 5.41) is 12.0. The Kier molecular flexibility index (Phi) is 6.61. The monoisotopic (exact) mass is 559 g/mol. The van der Waals surface area contributed by atoms with E-state index in [2.05, 4.69) is 15.3 Å². The number of rotatable bonds is 6. The molecule has 0 unspecified atom stereocenters. The molecule has 5 heterocycles. The van der Waals surface area contributed by atoms with Crippen LogP contribution < -0.4 is 5.32 Å². The van der Waals surface area contributed by atoms with E-state index in [9.17, 15) is 36.6 Å². The first-order chi connectivity index (χ1) is 17.7. The van der Waals surface area contributed by atoms with Gasteiger partial charge in [0.1, 0.15) is 17.6 Å². The van der Waals surface area contributed by atoms with Crippen molar-refractivity contribution in [3.8, 4) is 10.4 Å². The molecule has 0 aliphatic carbocycles. The largest absolute Gasteiger partial charge is 0.408 e. The van der Waals surface area contributed by atoms with Gasteiger partial charge >= 0.3 is 6.18 Å². The van der Waals surface area contributed by atoms with Crippen LogP contribution in [0.4, 0.5) is 27.8 Å². The maximum atomic E-state index is 14.2. The third-order valence-electron chi connectivity index (χ3n) is 7.32. The van der Waals surface area contributed by atoms with Crippen LogP contribution in [0.1, 0.15) is 71.8 Å². The van der Waals surface area contributed by atoms with E-state index in [1.807, 2.05) is 0 Å². The van der Waals surface area contributed by atoms with Gasteiger partial charge < -0.3 is 20.2 Å². The summed E-state index contributed by atoms with van der Waals surface area (Å²) in [6.07, 6.45) is -3.43. The Hall–Kier alpha value is -2.87. The Morgan fingerprint density at radius 3 is 2.29 bits per heavy atom. The normalized spacial score (nSPS) is 23.1. The number of β-amino-alcohol motifs (C(OH)–C–C–N with tert-alkyl or cyclic N) is 1. The Morgan fingerprint density at radius 1 is 1.16 bits per heavy atom. The number of carbonyl (C=O) groups excluding carboxylic acids is 2. The van der Waals surface area contributed by atoms with Gasteiger partial charge in [-0.15, -0.1) is 11.3 Å². The Balaban J connectivity index is 1.55. The van der Waals surface area contributed by atoms with Gasteiger partial charge in [0, 0.05) is 29.4 Å². The molecule has 2 bridgehead atoms. The fraction of sp³-hybridized carbons (Fsp3) is 0.583. The highest BCUT2D eigenvalue weighted by atomic mass is 32.1. The molecular formula is C24H26F5N5O3S. The second-order valence-corrected chi connectivity index (χ2v) is 11.4. The van der Waals surface area contributed by atoms with E-state index in [1.54, 1.807) is 11.8 Å². The number of nitrogens with one attached hydrogen (secondary N) is 1. The lowest BCUT2D eigenvalue weighted by molar-refractivity contribution is -0.138. The van der Waals surface area contributed by atoms with Crippen LogP contribution in [0.25, 0.3) is 10.4 Å². The van der Waals surface area contributed by atoms with Crippen molar-refractivity contribution in [2.24, 2.45) is 0 Å². The summed E-state index contributed by atoms with van der Waals surface area (Å²) in [6, 6.07) is -1.19. The summed E-state index contributed by atoms with van der Waals surface area (Å²) in [5.74, 6) is -1.41. The van der Waals surface area contributed by atoms with Gasteiger partial charge in [0.05, 0.1) is 23.6 Å². The minimum absolute atomic E-state index is 0.00908. The minimum atomic E-state index is -4.62. The van der Waals surface area contributed by atoms with Gasteiger partial charge in [0.15, 0.2) is 5.01 Å². The number of thiazole rings is 1. The molecule has 3 fully saturated rings. The third-order valence-corrected chi connectivity index (χ3v) is 8.40. The molecule has 38 heavy (non-hydrogen) atoms. The average Bonchev–Trinajstić information content (AvgIpc) is 3.55. The molecular weight excluding hydrogens is 533 g/mol. The van der Waals surface area contributed by atoms with E-state index in [1.165, 1.54) is 4.90 Å². The summed E-state index contributed by atoms with van der Waals surface area (Å²) in [4.78, 5) is 38.0. The van der Waals surface area contributed by atoms with Crippen molar-refractivity contribution in [2.75, 3.05) is 18.4 Å². The van der Waals surface area contributed by atoms with E-state index < -0.39 is 47.4 Å². The number of aliphatic hydroxyl groups is 1. The number of fused-ring (bicyclic) bond motifs is 2. The van der Waals surface area contributed by atoms with Gasteiger partial charge in [-0.2, -0.15) is 13.2 Å². The second kappa shape index (κ2) is 9.40. The first-order valence-corrected chi connectivity index (χ1v) is 13.0. The quantitative estimate of drug-likeness (QED) is 0.507. The van der Waals surface area contributed by atoms with Crippen molar-refractivity contribution in [3.63, 3.8) is 0 Å². The summed E-state index contributed by atoms with van der Waals surface area (Å²) >= 11 is 0.759. The number of amides is 2. The van der Waals surface area contributed by atoms with Crippen molar-refractivity contribution < 1.29 is 36.6 Å². The topological polar surface area (TPSA) is 98.7 Å². The fourth-order valence-electron chi connectivity index (χ4n) is 5.38. The van der Waals surface area contributed by atoms with Crippen LogP contribution in [0.5, 0.6) is 0 Å². The van der Waals surface area contributed by atoms with E-state index in [-0.39, 0.29) is 46.3 Å². The fourth-order valence-corrected chi connectivity index (χ4v) is 6.44. The van der Waals surface area contributed by atoms with Crippen LogP contribution in [0.3, 0.4) is 0 Å². The zero-order chi connectivity index (χ0) is 27.6. The van der Waals surface area contributed by atoms with Gasteiger partial charge in [0.2, 0.25) is 0 Å². The number of hydrogen-bond donors (Lipinski definition) is 2. The summed E-state index contributed by atoms with van der Waals surface area (Å²) in [6.45, 7) is 2.52. The minimum Gasteiger partial charge on any atom is -0.386 e. The zero-order valence-corrected chi connectivity index (χ0v) is 21.4.